The highest BCUT2D eigenvalue weighted by molar-refractivity contribution is 7.16. The maximum atomic E-state index is 13.3. The Hall–Kier alpha value is -3.06. The number of H-pyrrole nitrogens is 1. The molecule has 1 N–H and O–H groups in total. The molecule has 5 rings (SSSR count). The first-order valence-electron chi connectivity index (χ1n) is 8.38. The molecule has 0 spiro atoms. The third kappa shape index (κ3) is 2.40. The van der Waals surface area contributed by atoms with E-state index in [2.05, 4.69) is 19.9 Å². The zero-order valence-electron chi connectivity index (χ0n) is 13.8. The summed E-state index contributed by atoms with van der Waals surface area (Å²) >= 11 is 1.57. The number of pyridine rings is 1. The molecule has 0 saturated heterocycles. The third-order valence-electron chi connectivity index (χ3n) is 4.73. The lowest BCUT2D eigenvalue weighted by atomic mass is 9.98. The van der Waals surface area contributed by atoms with Gasteiger partial charge in [-0.25, -0.2) is 9.97 Å². The van der Waals surface area contributed by atoms with Gasteiger partial charge in [0.1, 0.15) is 6.04 Å². The molecule has 0 radical (unpaired) electrons. The molecule has 128 valence electrons. The Morgan fingerprint density at radius 1 is 1.19 bits per heavy atom. The SMILES string of the molecule is O=C(c1ccc2scnc2c1)N1CCc2[nH]cnc2C1c1ccccn1. The van der Waals surface area contributed by atoms with Gasteiger partial charge in [-0.15, -0.1) is 11.3 Å². The number of amides is 1. The normalized spacial score (nSPS) is 16.6. The smallest absolute Gasteiger partial charge is 0.254 e. The molecule has 1 aromatic carbocycles. The van der Waals surface area contributed by atoms with Crippen molar-refractivity contribution in [1.82, 2.24) is 24.8 Å². The van der Waals surface area contributed by atoms with E-state index < -0.39 is 0 Å². The molecule has 0 fully saturated rings. The van der Waals surface area contributed by atoms with Crippen molar-refractivity contribution in [2.24, 2.45) is 0 Å². The van der Waals surface area contributed by atoms with E-state index in [1.54, 1.807) is 29.4 Å². The van der Waals surface area contributed by atoms with E-state index in [0.717, 1.165) is 33.7 Å². The van der Waals surface area contributed by atoms with Crippen molar-refractivity contribution in [2.45, 2.75) is 12.5 Å². The maximum Gasteiger partial charge on any atom is 0.254 e. The van der Waals surface area contributed by atoms with Crippen LogP contribution in [0.3, 0.4) is 0 Å². The predicted octanol–water partition coefficient (Wildman–Crippen LogP) is 3.20. The first-order chi connectivity index (χ1) is 12.8. The number of fused-ring (bicyclic) bond motifs is 2. The second-order valence-corrected chi connectivity index (χ2v) is 7.09. The van der Waals surface area contributed by atoms with Crippen molar-refractivity contribution >= 4 is 27.5 Å². The maximum absolute atomic E-state index is 13.3. The predicted molar refractivity (Wildman–Crippen MR) is 99.0 cm³/mol. The molecule has 26 heavy (non-hydrogen) atoms. The van der Waals surface area contributed by atoms with Crippen LogP contribution in [0.4, 0.5) is 0 Å². The summed E-state index contributed by atoms with van der Waals surface area (Å²) in [7, 11) is 0. The minimum Gasteiger partial charge on any atom is -0.348 e. The van der Waals surface area contributed by atoms with Gasteiger partial charge in [-0.2, -0.15) is 0 Å². The van der Waals surface area contributed by atoms with E-state index in [0.29, 0.717) is 12.1 Å². The molecule has 1 unspecified atom stereocenters. The van der Waals surface area contributed by atoms with Crippen LogP contribution < -0.4 is 0 Å². The second-order valence-electron chi connectivity index (χ2n) is 6.21. The minimum absolute atomic E-state index is 0.0239. The molecular formula is C19H15N5OS. The van der Waals surface area contributed by atoms with Crippen LogP contribution in [0.2, 0.25) is 0 Å². The molecule has 6 nitrogen and oxygen atoms in total. The van der Waals surface area contributed by atoms with E-state index in [1.807, 2.05) is 41.3 Å². The van der Waals surface area contributed by atoms with Gasteiger partial charge in [0.05, 0.1) is 33.4 Å². The average Bonchev–Trinajstić information content (AvgIpc) is 3.35. The lowest BCUT2D eigenvalue weighted by Crippen LogP contribution is -2.41. The van der Waals surface area contributed by atoms with Gasteiger partial charge in [-0.1, -0.05) is 6.07 Å². The van der Waals surface area contributed by atoms with Crippen LogP contribution in [0, 0.1) is 0 Å². The van der Waals surface area contributed by atoms with Crippen LogP contribution in [-0.4, -0.2) is 37.3 Å². The van der Waals surface area contributed by atoms with Crippen molar-refractivity contribution in [1.29, 1.82) is 0 Å². The molecule has 4 aromatic rings. The van der Waals surface area contributed by atoms with Crippen LogP contribution in [0.25, 0.3) is 10.2 Å². The molecule has 1 amide bonds. The van der Waals surface area contributed by atoms with Crippen LogP contribution in [-0.2, 0) is 6.42 Å². The highest BCUT2D eigenvalue weighted by Crippen LogP contribution is 2.33. The van der Waals surface area contributed by atoms with Crippen LogP contribution in [0.5, 0.6) is 0 Å². The molecule has 0 aliphatic carbocycles. The summed E-state index contributed by atoms with van der Waals surface area (Å²) in [5, 5.41) is 0. The average molecular weight is 361 g/mol. The van der Waals surface area contributed by atoms with Gasteiger partial charge < -0.3 is 9.88 Å². The van der Waals surface area contributed by atoms with E-state index in [1.165, 1.54) is 0 Å². The van der Waals surface area contributed by atoms with Gasteiger partial charge in [-0.05, 0) is 30.3 Å². The standard InChI is InChI=1S/C19H15N5OS/c25-19(12-4-5-16-15(9-12)23-11-26-16)24-8-6-13-17(22-10-21-13)18(24)14-3-1-2-7-20-14/h1-5,7,9-11,18H,6,8H2,(H,21,22). The highest BCUT2D eigenvalue weighted by atomic mass is 32.1. The molecule has 1 aliphatic rings. The zero-order chi connectivity index (χ0) is 17.5. The number of nitrogens with zero attached hydrogens (tertiary/aromatic N) is 4. The molecule has 1 atom stereocenters. The fourth-order valence-electron chi connectivity index (χ4n) is 3.49. The van der Waals surface area contributed by atoms with Crippen molar-refractivity contribution in [3.05, 3.63) is 77.1 Å². The van der Waals surface area contributed by atoms with Gasteiger partial charge in [0.2, 0.25) is 0 Å². The fraction of sp³-hybridized carbons (Fsp3) is 0.158. The van der Waals surface area contributed by atoms with Gasteiger partial charge in [0.25, 0.3) is 5.91 Å². The number of rotatable bonds is 2. The van der Waals surface area contributed by atoms with Gasteiger partial charge in [-0.3, -0.25) is 9.78 Å². The number of hydrogen-bond acceptors (Lipinski definition) is 5. The summed E-state index contributed by atoms with van der Waals surface area (Å²) in [6, 6.07) is 11.2. The molecule has 3 aromatic heterocycles. The van der Waals surface area contributed by atoms with Gasteiger partial charge in [0, 0.05) is 30.4 Å². The lowest BCUT2D eigenvalue weighted by molar-refractivity contribution is 0.0687. The lowest BCUT2D eigenvalue weighted by Gasteiger charge is -2.34. The van der Waals surface area contributed by atoms with Crippen LogP contribution >= 0.6 is 11.3 Å². The molecule has 0 bridgehead atoms. The van der Waals surface area contributed by atoms with Crippen LogP contribution in [0.1, 0.15) is 33.5 Å². The van der Waals surface area contributed by atoms with Crippen molar-refractivity contribution in [3.8, 4) is 0 Å². The molecule has 7 heteroatoms. The Morgan fingerprint density at radius 2 is 2.15 bits per heavy atom. The Bertz CT molecular complexity index is 1090. The van der Waals surface area contributed by atoms with Crippen molar-refractivity contribution < 1.29 is 4.79 Å². The summed E-state index contributed by atoms with van der Waals surface area (Å²) in [5.41, 5.74) is 6.06. The summed E-state index contributed by atoms with van der Waals surface area (Å²) in [6.45, 7) is 0.615. The fourth-order valence-corrected chi connectivity index (χ4v) is 4.15. The number of carbonyl (C=O) groups is 1. The number of nitrogens with one attached hydrogen (secondary N) is 1. The highest BCUT2D eigenvalue weighted by Gasteiger charge is 2.35. The minimum atomic E-state index is -0.287. The number of hydrogen-bond donors (Lipinski definition) is 1. The van der Waals surface area contributed by atoms with Crippen LogP contribution in [0.15, 0.2) is 54.4 Å². The van der Waals surface area contributed by atoms with Crippen molar-refractivity contribution in [2.75, 3.05) is 6.54 Å². The number of imidazole rings is 1. The van der Waals surface area contributed by atoms with E-state index in [-0.39, 0.29) is 11.9 Å². The summed E-state index contributed by atoms with van der Waals surface area (Å²) in [4.78, 5) is 31.7. The summed E-state index contributed by atoms with van der Waals surface area (Å²) in [5.74, 6) is -0.0239. The molecule has 1 aliphatic heterocycles. The van der Waals surface area contributed by atoms with E-state index in [4.69, 9.17) is 0 Å². The Kier molecular flexibility index (Phi) is 3.53. The Morgan fingerprint density at radius 3 is 3.04 bits per heavy atom. The zero-order valence-corrected chi connectivity index (χ0v) is 14.6. The van der Waals surface area contributed by atoms with Gasteiger partial charge in [0.15, 0.2) is 0 Å². The third-order valence-corrected chi connectivity index (χ3v) is 5.54. The molecule has 4 heterocycles. The summed E-state index contributed by atoms with van der Waals surface area (Å²) in [6.07, 6.45) is 4.19. The monoisotopic (exact) mass is 361 g/mol. The topological polar surface area (TPSA) is 74.8 Å². The second kappa shape index (κ2) is 6.03. The number of aromatic amines is 1. The van der Waals surface area contributed by atoms with Gasteiger partial charge >= 0.3 is 0 Å². The first kappa shape index (κ1) is 15.2. The Balaban J connectivity index is 1.59. The number of carbonyl (C=O) groups excluding carboxylic acids is 1. The molecular weight excluding hydrogens is 346 g/mol. The largest absolute Gasteiger partial charge is 0.348 e. The van der Waals surface area contributed by atoms with E-state index in [9.17, 15) is 4.79 Å². The van der Waals surface area contributed by atoms with E-state index >= 15 is 0 Å². The number of aromatic nitrogens is 4. The number of thiazole rings is 1. The summed E-state index contributed by atoms with van der Waals surface area (Å²) < 4.78 is 1.08. The molecule has 0 saturated carbocycles. The quantitative estimate of drug-likeness (QED) is 0.595. The van der Waals surface area contributed by atoms with Crippen molar-refractivity contribution in [3.63, 3.8) is 0 Å². The first-order valence-corrected chi connectivity index (χ1v) is 9.26. The number of benzene rings is 1. The Labute approximate surface area is 153 Å².